The molecule has 0 amide bonds. The number of nitrogens with one attached hydrogen (secondary N) is 1. The molecule has 1 heterocycles. The third-order valence-corrected chi connectivity index (χ3v) is 3.45. The number of nitrogens with zero attached hydrogens (tertiary/aromatic N) is 1. The zero-order chi connectivity index (χ0) is 13.9. The number of nitrogen functional groups attached to an aromatic ring is 1. The van der Waals surface area contributed by atoms with E-state index in [2.05, 4.69) is 10.3 Å². The van der Waals surface area contributed by atoms with E-state index in [1.165, 1.54) is 12.1 Å². The number of rotatable bonds is 4. The summed E-state index contributed by atoms with van der Waals surface area (Å²) in [6, 6.07) is 9.92. The van der Waals surface area contributed by atoms with E-state index in [9.17, 15) is 8.42 Å². The normalized spacial score (nSPS) is 11.2. The Morgan fingerprint density at radius 3 is 2.58 bits per heavy atom. The van der Waals surface area contributed by atoms with Gasteiger partial charge in [-0.15, -0.1) is 0 Å². The molecule has 6 nitrogen and oxygen atoms in total. The molecule has 2 rings (SSSR count). The molecule has 0 saturated carbocycles. The molecular formula is C12H14N4O2S. The molecule has 0 aliphatic rings. The molecule has 0 aliphatic heterocycles. The third-order valence-electron chi connectivity index (χ3n) is 2.54. The first kappa shape index (κ1) is 13.3. The summed E-state index contributed by atoms with van der Waals surface area (Å²) < 4.78 is 22.3. The highest BCUT2D eigenvalue weighted by atomic mass is 32.2. The molecule has 100 valence electrons. The summed E-state index contributed by atoms with van der Waals surface area (Å²) in [4.78, 5) is 4.15. The van der Waals surface area contributed by atoms with E-state index in [1.807, 2.05) is 18.2 Å². The highest BCUT2D eigenvalue weighted by Crippen LogP contribution is 2.22. The van der Waals surface area contributed by atoms with Crippen LogP contribution in [0, 0.1) is 0 Å². The number of pyridine rings is 1. The first-order valence-corrected chi connectivity index (χ1v) is 7.07. The predicted molar refractivity (Wildman–Crippen MR) is 73.8 cm³/mol. The maximum atomic E-state index is 11.2. The van der Waals surface area contributed by atoms with Gasteiger partial charge in [0.2, 0.25) is 10.0 Å². The van der Waals surface area contributed by atoms with Gasteiger partial charge in [0.1, 0.15) is 0 Å². The van der Waals surface area contributed by atoms with Gasteiger partial charge in [-0.05, 0) is 30.3 Å². The fraction of sp³-hybridized carbons (Fsp3) is 0.0833. The highest BCUT2D eigenvalue weighted by Gasteiger charge is 2.09. The molecule has 0 radical (unpaired) electrons. The minimum absolute atomic E-state index is 0.00612. The quantitative estimate of drug-likeness (QED) is 0.720. The second-order valence-electron chi connectivity index (χ2n) is 3.97. The first-order chi connectivity index (χ1) is 8.97. The van der Waals surface area contributed by atoms with Crippen molar-refractivity contribution in [1.29, 1.82) is 0 Å². The predicted octanol–water partition coefficient (Wildman–Crippen LogP) is 0.923. The van der Waals surface area contributed by atoms with Gasteiger partial charge in [-0.2, -0.15) is 0 Å². The summed E-state index contributed by atoms with van der Waals surface area (Å²) in [5, 5.41) is 8.11. The minimum atomic E-state index is -3.73. The van der Waals surface area contributed by atoms with Crippen molar-refractivity contribution in [2.45, 2.75) is 11.4 Å². The second kappa shape index (κ2) is 5.25. The zero-order valence-corrected chi connectivity index (χ0v) is 10.9. The van der Waals surface area contributed by atoms with Crippen molar-refractivity contribution in [1.82, 2.24) is 4.98 Å². The lowest BCUT2D eigenvalue weighted by Gasteiger charge is -2.10. The van der Waals surface area contributed by atoms with Gasteiger partial charge in [0.25, 0.3) is 0 Å². The molecule has 0 bridgehead atoms. The Morgan fingerprint density at radius 2 is 2.00 bits per heavy atom. The van der Waals surface area contributed by atoms with Crippen molar-refractivity contribution >= 4 is 21.4 Å². The topological polar surface area (TPSA) is 111 Å². The Labute approximate surface area is 111 Å². The van der Waals surface area contributed by atoms with Crippen molar-refractivity contribution < 1.29 is 8.42 Å². The smallest absolute Gasteiger partial charge is 0.238 e. The average molecular weight is 278 g/mol. The highest BCUT2D eigenvalue weighted by molar-refractivity contribution is 7.89. The number of primary sulfonamides is 1. The molecule has 0 unspecified atom stereocenters. The Kier molecular flexibility index (Phi) is 3.68. The van der Waals surface area contributed by atoms with Crippen LogP contribution in [-0.2, 0) is 16.6 Å². The molecule has 2 aromatic rings. The van der Waals surface area contributed by atoms with Gasteiger partial charge in [0.15, 0.2) is 0 Å². The maximum Gasteiger partial charge on any atom is 0.238 e. The summed E-state index contributed by atoms with van der Waals surface area (Å²) in [5.74, 6) is 0. The Balaban J connectivity index is 2.14. The van der Waals surface area contributed by atoms with Crippen LogP contribution in [0.2, 0.25) is 0 Å². The van der Waals surface area contributed by atoms with Gasteiger partial charge >= 0.3 is 0 Å². The van der Waals surface area contributed by atoms with Crippen molar-refractivity contribution in [3.05, 3.63) is 48.3 Å². The Hall–Kier alpha value is -2.12. The summed E-state index contributed by atoms with van der Waals surface area (Å²) >= 11 is 0. The summed E-state index contributed by atoms with van der Waals surface area (Å²) in [5.41, 5.74) is 7.60. The monoisotopic (exact) mass is 278 g/mol. The molecule has 19 heavy (non-hydrogen) atoms. The van der Waals surface area contributed by atoms with E-state index in [0.29, 0.717) is 17.9 Å². The van der Waals surface area contributed by atoms with Crippen molar-refractivity contribution in [3.8, 4) is 0 Å². The summed E-state index contributed by atoms with van der Waals surface area (Å²) in [7, 11) is -3.73. The van der Waals surface area contributed by atoms with E-state index in [4.69, 9.17) is 10.9 Å². The van der Waals surface area contributed by atoms with Crippen LogP contribution in [-0.4, -0.2) is 13.4 Å². The molecule has 0 atom stereocenters. The fourth-order valence-electron chi connectivity index (χ4n) is 1.57. The lowest BCUT2D eigenvalue weighted by atomic mass is 10.2. The molecule has 5 N–H and O–H groups in total. The maximum absolute atomic E-state index is 11.2. The largest absolute Gasteiger partial charge is 0.397 e. The van der Waals surface area contributed by atoms with E-state index in [1.54, 1.807) is 12.3 Å². The lowest BCUT2D eigenvalue weighted by molar-refractivity contribution is 0.598. The number of sulfonamides is 1. The number of anilines is 2. The number of nitrogens with two attached hydrogens (primary N) is 2. The molecule has 0 aliphatic carbocycles. The Morgan fingerprint density at radius 1 is 1.21 bits per heavy atom. The third kappa shape index (κ3) is 3.43. The second-order valence-corrected chi connectivity index (χ2v) is 5.53. The number of aromatic nitrogens is 1. The van der Waals surface area contributed by atoms with Crippen LogP contribution in [0.3, 0.4) is 0 Å². The molecule has 0 spiro atoms. The minimum Gasteiger partial charge on any atom is -0.397 e. The van der Waals surface area contributed by atoms with Gasteiger partial charge in [-0.1, -0.05) is 6.07 Å². The van der Waals surface area contributed by atoms with Crippen molar-refractivity contribution in [2.24, 2.45) is 5.14 Å². The van der Waals surface area contributed by atoms with Crippen LogP contribution in [0.25, 0.3) is 0 Å². The molecular weight excluding hydrogens is 264 g/mol. The van der Waals surface area contributed by atoms with Gasteiger partial charge in [0.05, 0.1) is 28.5 Å². The van der Waals surface area contributed by atoms with Gasteiger partial charge in [-0.25, -0.2) is 13.6 Å². The van der Waals surface area contributed by atoms with Crippen molar-refractivity contribution in [3.63, 3.8) is 0 Å². The van der Waals surface area contributed by atoms with Crippen LogP contribution < -0.4 is 16.2 Å². The molecule has 1 aromatic carbocycles. The molecule has 1 aromatic heterocycles. The molecule has 0 saturated heterocycles. The number of benzene rings is 1. The zero-order valence-electron chi connectivity index (χ0n) is 10.1. The number of hydrogen-bond acceptors (Lipinski definition) is 5. The van der Waals surface area contributed by atoms with Crippen LogP contribution in [0.5, 0.6) is 0 Å². The first-order valence-electron chi connectivity index (χ1n) is 5.53. The van der Waals surface area contributed by atoms with Gasteiger partial charge < -0.3 is 11.1 Å². The van der Waals surface area contributed by atoms with Crippen LogP contribution in [0.1, 0.15) is 5.69 Å². The Bertz CT molecular complexity index is 671. The summed E-state index contributed by atoms with van der Waals surface area (Å²) in [6.45, 7) is 0.500. The van der Waals surface area contributed by atoms with E-state index in [0.717, 1.165) is 5.69 Å². The van der Waals surface area contributed by atoms with Gasteiger partial charge in [0, 0.05) is 6.20 Å². The molecule has 0 fully saturated rings. The van der Waals surface area contributed by atoms with Crippen LogP contribution in [0.4, 0.5) is 11.4 Å². The lowest BCUT2D eigenvalue weighted by Crippen LogP contribution is -2.13. The van der Waals surface area contributed by atoms with E-state index >= 15 is 0 Å². The SMILES string of the molecule is Nc1cc(S(N)(=O)=O)ccc1NCc1ccccn1. The van der Waals surface area contributed by atoms with Crippen molar-refractivity contribution in [2.75, 3.05) is 11.1 Å². The standard InChI is InChI=1S/C12H14N4O2S/c13-11-7-10(19(14,17)18)4-5-12(11)16-8-9-3-1-2-6-15-9/h1-7,16H,8,13H2,(H2,14,17,18). The van der Waals surface area contributed by atoms with Crippen LogP contribution >= 0.6 is 0 Å². The summed E-state index contributed by atoms with van der Waals surface area (Å²) in [6.07, 6.45) is 1.70. The van der Waals surface area contributed by atoms with E-state index < -0.39 is 10.0 Å². The van der Waals surface area contributed by atoms with Crippen LogP contribution in [0.15, 0.2) is 47.5 Å². The van der Waals surface area contributed by atoms with E-state index in [-0.39, 0.29) is 4.90 Å². The average Bonchev–Trinajstić information content (AvgIpc) is 2.37. The fourth-order valence-corrected chi connectivity index (χ4v) is 2.12. The van der Waals surface area contributed by atoms with Gasteiger partial charge in [-0.3, -0.25) is 4.98 Å². The number of hydrogen-bond donors (Lipinski definition) is 3. The molecule has 7 heteroatoms.